The summed E-state index contributed by atoms with van der Waals surface area (Å²) in [5.41, 5.74) is -5.27. The van der Waals surface area contributed by atoms with Crippen LogP contribution in [0.2, 0.25) is 0 Å². The smallest absolute Gasteiger partial charge is 0.476 e. The SMILES string of the molecule is CC(=O)Nc1nc(OCCc2ccc([N+](=O)[O-])cc2)c2ncn([C@@H]3O[C@H](COC(c4ccccc4)(c4ccccc4)c4ccccc4)[C@@H](OC(c4ccccc4)(c4ccccc4)c4ccccc4)[C@H]3OS(=O)(=O)C(F)(F)F)c2n1. The molecule has 7 aromatic carbocycles. The molecule has 79 heavy (non-hydrogen) atoms. The van der Waals surface area contributed by atoms with Crippen molar-refractivity contribution < 1.29 is 54.4 Å². The monoisotopic (exact) mass is 1090 g/mol. The predicted molar refractivity (Wildman–Crippen MR) is 285 cm³/mol. The van der Waals surface area contributed by atoms with Crippen molar-refractivity contribution in [3.63, 3.8) is 0 Å². The van der Waals surface area contributed by atoms with Gasteiger partial charge in [-0.2, -0.15) is 31.6 Å². The van der Waals surface area contributed by atoms with Gasteiger partial charge in [0.05, 0.1) is 24.5 Å². The molecule has 0 radical (unpaired) electrons. The van der Waals surface area contributed by atoms with Crippen molar-refractivity contribution >= 4 is 38.8 Å². The van der Waals surface area contributed by atoms with Crippen molar-refractivity contribution in [3.8, 4) is 5.88 Å². The van der Waals surface area contributed by atoms with Gasteiger partial charge in [-0.3, -0.25) is 29.0 Å². The zero-order chi connectivity index (χ0) is 55.2. The van der Waals surface area contributed by atoms with Crippen LogP contribution < -0.4 is 10.1 Å². The third-order valence-corrected chi connectivity index (χ3v) is 14.4. The normalized spacial score (nSPS) is 16.9. The number of anilines is 1. The molecule has 3 heterocycles. The molecule has 0 spiro atoms. The quantitative estimate of drug-likeness (QED) is 0.0249. The lowest BCUT2D eigenvalue weighted by Crippen LogP contribution is -2.48. The Morgan fingerprint density at radius 2 is 1.13 bits per heavy atom. The number of nitro benzene ring substituents is 1. The fourth-order valence-electron chi connectivity index (χ4n) is 9.86. The molecule has 402 valence electrons. The first-order chi connectivity index (χ1) is 38.2. The van der Waals surface area contributed by atoms with Crippen LogP contribution in [0.3, 0.4) is 0 Å². The second-order valence-corrected chi connectivity index (χ2v) is 19.9. The standard InChI is InChI=1S/C59H49F3N6O10S/c1-40(69)64-56-65-53-50(54(66-56)74-37-36-41-32-34-48(35-33-41)68(70)71)63-39-67(53)55-52(78-79(72,73)59(60,61)62)51(77-58(45-26-14-5-15-27-45,46-28-16-6-17-29-46)47-30-18-7-19-31-47)49(76-55)38-75-57(42-20-8-2-9-21-42,43-22-10-3-11-23-43)44-24-12-4-13-25-44/h2-35,39,49,51-52,55H,36-38H2,1H3,(H,64,65,66,69)/t49-,51-,52-,55-/m1/s1. The fourth-order valence-corrected chi connectivity index (χ4v) is 10.5. The van der Waals surface area contributed by atoms with Crippen molar-refractivity contribution in [2.24, 2.45) is 0 Å². The van der Waals surface area contributed by atoms with Gasteiger partial charge >= 0.3 is 15.6 Å². The van der Waals surface area contributed by atoms with Crippen LogP contribution in [-0.4, -0.2) is 75.8 Å². The Balaban J connectivity index is 1.17. The Bertz CT molecular complexity index is 3450. The van der Waals surface area contributed by atoms with E-state index in [-0.39, 0.29) is 41.7 Å². The minimum Gasteiger partial charge on any atom is -0.476 e. The Morgan fingerprint density at radius 3 is 1.56 bits per heavy atom. The minimum absolute atomic E-state index is 0.0700. The molecule has 16 nitrogen and oxygen atoms in total. The summed E-state index contributed by atoms with van der Waals surface area (Å²) in [6.07, 6.45) is -6.03. The summed E-state index contributed by atoms with van der Waals surface area (Å²) in [6, 6.07) is 60.6. The number of amides is 1. The van der Waals surface area contributed by atoms with Gasteiger partial charge in [0.25, 0.3) is 5.69 Å². The van der Waals surface area contributed by atoms with E-state index >= 15 is 13.2 Å². The maximum Gasteiger partial charge on any atom is 0.523 e. The number of rotatable bonds is 20. The molecule has 20 heteroatoms. The zero-order valence-electron chi connectivity index (χ0n) is 42.0. The van der Waals surface area contributed by atoms with E-state index in [4.69, 9.17) is 23.1 Å². The third kappa shape index (κ3) is 11.0. The number of alkyl halides is 3. The summed E-state index contributed by atoms with van der Waals surface area (Å²) in [5, 5.41) is 13.8. The number of imidazole rings is 1. The van der Waals surface area contributed by atoms with Gasteiger partial charge in [0, 0.05) is 25.5 Å². The van der Waals surface area contributed by atoms with E-state index in [1.807, 2.05) is 91.0 Å². The molecule has 0 bridgehead atoms. The first kappa shape index (κ1) is 53.7. The van der Waals surface area contributed by atoms with E-state index in [1.54, 1.807) is 103 Å². The lowest BCUT2D eigenvalue weighted by Gasteiger charge is -2.41. The number of fused-ring (bicyclic) bond motifs is 1. The highest BCUT2D eigenvalue weighted by Gasteiger charge is 2.58. The van der Waals surface area contributed by atoms with Gasteiger partial charge in [0.15, 0.2) is 23.5 Å². The first-order valence-corrected chi connectivity index (χ1v) is 26.3. The van der Waals surface area contributed by atoms with E-state index in [0.29, 0.717) is 38.9 Å². The van der Waals surface area contributed by atoms with Gasteiger partial charge in [-0.1, -0.05) is 194 Å². The van der Waals surface area contributed by atoms with Crippen LogP contribution in [0.15, 0.2) is 213 Å². The summed E-state index contributed by atoms with van der Waals surface area (Å²) < 4.78 is 107. The second kappa shape index (κ2) is 22.7. The highest BCUT2D eigenvalue weighted by atomic mass is 32.2. The summed E-state index contributed by atoms with van der Waals surface area (Å²) in [4.78, 5) is 36.9. The number of hydrogen-bond acceptors (Lipinski definition) is 13. The lowest BCUT2D eigenvalue weighted by molar-refractivity contribution is -0.384. The number of carbonyl (C=O) groups is 1. The van der Waals surface area contributed by atoms with Crippen molar-refractivity contribution in [2.75, 3.05) is 18.5 Å². The molecule has 1 aliphatic heterocycles. The van der Waals surface area contributed by atoms with Crippen LogP contribution in [0.4, 0.5) is 24.8 Å². The first-order valence-electron chi connectivity index (χ1n) is 24.9. The molecule has 0 unspecified atom stereocenters. The predicted octanol–water partition coefficient (Wildman–Crippen LogP) is 10.8. The molecule has 0 aliphatic carbocycles. The van der Waals surface area contributed by atoms with E-state index in [1.165, 1.54) is 23.6 Å². The number of carbonyl (C=O) groups excluding carboxylic acids is 1. The molecular weight excluding hydrogens is 1040 g/mol. The Morgan fingerprint density at radius 1 is 0.671 bits per heavy atom. The number of nitro groups is 1. The average molecular weight is 1090 g/mol. The Hall–Kier alpha value is -8.66. The maximum atomic E-state index is 15.0. The lowest BCUT2D eigenvalue weighted by atomic mass is 9.79. The number of ether oxygens (including phenoxy) is 4. The summed E-state index contributed by atoms with van der Waals surface area (Å²) >= 11 is 0. The van der Waals surface area contributed by atoms with Gasteiger partial charge in [-0.25, -0.2) is 4.98 Å². The molecule has 1 saturated heterocycles. The molecule has 1 amide bonds. The zero-order valence-corrected chi connectivity index (χ0v) is 42.8. The number of non-ortho nitro benzene ring substituents is 1. The van der Waals surface area contributed by atoms with Crippen LogP contribution in [-0.2, 0) is 50.9 Å². The summed E-state index contributed by atoms with van der Waals surface area (Å²) in [5.74, 6) is -1.09. The van der Waals surface area contributed by atoms with E-state index in [0.717, 1.165) is 6.33 Å². The molecule has 0 saturated carbocycles. The largest absolute Gasteiger partial charge is 0.523 e. The molecule has 1 N–H and O–H groups in total. The van der Waals surface area contributed by atoms with Crippen LogP contribution in [0.5, 0.6) is 5.88 Å². The number of halogens is 3. The number of nitrogens with zero attached hydrogens (tertiary/aromatic N) is 5. The van der Waals surface area contributed by atoms with Crippen molar-refractivity contribution in [2.45, 2.75) is 54.6 Å². The second-order valence-electron chi connectivity index (χ2n) is 18.4. The van der Waals surface area contributed by atoms with Crippen LogP contribution >= 0.6 is 0 Å². The van der Waals surface area contributed by atoms with Gasteiger partial charge in [0.1, 0.15) is 23.4 Å². The molecule has 1 aliphatic rings. The van der Waals surface area contributed by atoms with Crippen molar-refractivity contribution in [1.82, 2.24) is 19.5 Å². The topological polar surface area (TPSA) is 196 Å². The van der Waals surface area contributed by atoms with Crippen molar-refractivity contribution in [3.05, 3.63) is 262 Å². The molecule has 10 rings (SSSR count). The maximum absolute atomic E-state index is 15.0. The number of nitrogens with one attached hydrogen (secondary N) is 1. The Labute approximate surface area is 451 Å². The molecule has 1 fully saturated rings. The fraction of sp³-hybridized carbons (Fsp3) is 0.186. The molecule has 4 atom stereocenters. The van der Waals surface area contributed by atoms with Crippen LogP contribution in [0.25, 0.3) is 11.2 Å². The Kier molecular flexibility index (Phi) is 15.5. The van der Waals surface area contributed by atoms with Gasteiger partial charge in [0.2, 0.25) is 17.7 Å². The van der Waals surface area contributed by atoms with Crippen LogP contribution in [0, 0.1) is 10.1 Å². The third-order valence-electron chi connectivity index (χ3n) is 13.4. The average Bonchev–Trinajstić information content (AvgIpc) is 4.04. The summed E-state index contributed by atoms with van der Waals surface area (Å²) in [7, 11) is -6.50. The number of aromatic nitrogens is 4. The number of hydrogen-bond donors (Lipinski definition) is 1. The molecule has 2 aromatic heterocycles. The number of benzene rings is 7. The summed E-state index contributed by atoms with van der Waals surface area (Å²) in [6.45, 7) is 0.640. The highest BCUT2D eigenvalue weighted by molar-refractivity contribution is 7.87. The van der Waals surface area contributed by atoms with E-state index in [2.05, 4.69) is 20.3 Å². The van der Waals surface area contributed by atoms with Gasteiger partial charge in [-0.15, -0.1) is 0 Å². The van der Waals surface area contributed by atoms with Crippen molar-refractivity contribution in [1.29, 1.82) is 0 Å². The van der Waals surface area contributed by atoms with Gasteiger partial charge < -0.3 is 18.9 Å². The highest BCUT2D eigenvalue weighted by Crippen LogP contribution is 2.49. The van der Waals surface area contributed by atoms with Crippen LogP contribution in [0.1, 0.15) is 52.1 Å². The molecule has 9 aromatic rings. The molecular formula is C59H49F3N6O10S. The van der Waals surface area contributed by atoms with E-state index in [9.17, 15) is 23.3 Å². The van der Waals surface area contributed by atoms with E-state index < -0.39 is 68.8 Å². The minimum atomic E-state index is -6.50. The van der Waals surface area contributed by atoms with Gasteiger partial charge in [-0.05, 0) is 38.9 Å².